The summed E-state index contributed by atoms with van der Waals surface area (Å²) in [6.07, 6.45) is 2.64. The highest BCUT2D eigenvalue weighted by Crippen LogP contribution is 2.33. The summed E-state index contributed by atoms with van der Waals surface area (Å²) in [6, 6.07) is 4.47. The Morgan fingerprint density at radius 3 is 2.47 bits per heavy atom. The van der Waals surface area contributed by atoms with Gasteiger partial charge in [0, 0.05) is 37.6 Å². The predicted octanol–water partition coefficient (Wildman–Crippen LogP) is 1.77. The van der Waals surface area contributed by atoms with Crippen molar-refractivity contribution in [2.24, 2.45) is 0 Å². The smallest absolute Gasteiger partial charge is 0.246 e. The van der Waals surface area contributed by atoms with Crippen molar-refractivity contribution in [2.75, 3.05) is 40.3 Å². The first-order valence-corrected chi connectivity index (χ1v) is 11.1. The number of aromatic nitrogens is 2. The molecule has 1 aliphatic rings. The molecule has 0 atom stereocenters. The quantitative estimate of drug-likeness (QED) is 0.732. The molecule has 3 rings (SSSR count). The van der Waals surface area contributed by atoms with Gasteiger partial charge in [0.2, 0.25) is 17.8 Å². The van der Waals surface area contributed by atoms with Crippen LogP contribution in [0.25, 0.3) is 0 Å². The lowest BCUT2D eigenvalue weighted by atomic mass is 10.2. The molecular weight excluding hydrogens is 408 g/mol. The first-order valence-electron chi connectivity index (χ1n) is 9.25. The molecular formula is C19H24N6O4S. The standard InChI is InChI=1S/C19H24N6O4S/c1-11(2)25-10-17(27)24(4)16-9-20-19(23-18(16)25)22-14-6-13(21-12(3)26)7-15(8-14)30(5,28)29/h6-9,11H,10H2,1-5H3,(H,21,26)(H,20,22,23). The van der Waals surface area contributed by atoms with Crippen LogP contribution in [0.2, 0.25) is 0 Å². The lowest BCUT2D eigenvalue weighted by Gasteiger charge is -2.36. The van der Waals surface area contributed by atoms with E-state index < -0.39 is 9.84 Å². The van der Waals surface area contributed by atoms with Crippen molar-refractivity contribution in [3.63, 3.8) is 0 Å². The lowest BCUT2D eigenvalue weighted by Crippen LogP contribution is -2.47. The van der Waals surface area contributed by atoms with E-state index in [1.807, 2.05) is 18.7 Å². The van der Waals surface area contributed by atoms with E-state index in [4.69, 9.17) is 0 Å². The van der Waals surface area contributed by atoms with Crippen LogP contribution >= 0.6 is 0 Å². The van der Waals surface area contributed by atoms with Crippen molar-refractivity contribution in [1.82, 2.24) is 9.97 Å². The van der Waals surface area contributed by atoms with Crippen molar-refractivity contribution >= 4 is 50.5 Å². The Labute approximate surface area is 175 Å². The highest BCUT2D eigenvalue weighted by atomic mass is 32.2. The fourth-order valence-electron chi connectivity index (χ4n) is 3.05. The second-order valence-electron chi connectivity index (χ2n) is 7.40. The summed E-state index contributed by atoms with van der Waals surface area (Å²) in [5, 5.41) is 5.59. The van der Waals surface area contributed by atoms with Gasteiger partial charge in [0.1, 0.15) is 5.69 Å². The summed E-state index contributed by atoms with van der Waals surface area (Å²) >= 11 is 0. The van der Waals surface area contributed by atoms with Crippen LogP contribution < -0.4 is 20.4 Å². The summed E-state index contributed by atoms with van der Waals surface area (Å²) in [6.45, 7) is 5.47. The van der Waals surface area contributed by atoms with Gasteiger partial charge in [-0.2, -0.15) is 4.98 Å². The molecule has 0 saturated carbocycles. The molecule has 0 saturated heterocycles. The van der Waals surface area contributed by atoms with Crippen LogP contribution in [0, 0.1) is 0 Å². The number of hydrogen-bond donors (Lipinski definition) is 2. The molecule has 0 fully saturated rings. The van der Waals surface area contributed by atoms with E-state index in [1.54, 1.807) is 19.3 Å². The topological polar surface area (TPSA) is 125 Å². The van der Waals surface area contributed by atoms with Gasteiger partial charge in [-0.25, -0.2) is 13.4 Å². The number of nitrogens with zero attached hydrogens (tertiary/aromatic N) is 4. The molecule has 1 aromatic heterocycles. The summed E-state index contributed by atoms with van der Waals surface area (Å²) in [4.78, 5) is 35.9. The first-order chi connectivity index (χ1) is 14.0. The van der Waals surface area contributed by atoms with Crippen molar-refractivity contribution in [1.29, 1.82) is 0 Å². The van der Waals surface area contributed by atoms with Crippen LogP contribution in [0.4, 0.5) is 28.8 Å². The number of sulfone groups is 1. The summed E-state index contributed by atoms with van der Waals surface area (Å²) in [7, 11) is -1.84. The molecule has 2 aromatic rings. The van der Waals surface area contributed by atoms with E-state index in [1.165, 1.54) is 24.0 Å². The number of carbonyl (C=O) groups is 2. The number of carbonyl (C=O) groups excluding carboxylic acids is 2. The zero-order chi connectivity index (χ0) is 22.2. The van der Waals surface area contributed by atoms with Gasteiger partial charge in [0.15, 0.2) is 15.7 Å². The van der Waals surface area contributed by atoms with Gasteiger partial charge in [-0.3, -0.25) is 9.59 Å². The van der Waals surface area contributed by atoms with E-state index in [2.05, 4.69) is 20.6 Å². The molecule has 11 heteroatoms. The molecule has 30 heavy (non-hydrogen) atoms. The third kappa shape index (κ3) is 4.51. The average Bonchev–Trinajstić information content (AvgIpc) is 2.63. The molecule has 2 N–H and O–H groups in total. The lowest BCUT2D eigenvalue weighted by molar-refractivity contribution is -0.117. The minimum Gasteiger partial charge on any atom is -0.343 e. The molecule has 160 valence electrons. The predicted molar refractivity (Wildman–Crippen MR) is 115 cm³/mol. The fourth-order valence-corrected chi connectivity index (χ4v) is 3.73. The van der Waals surface area contributed by atoms with Crippen LogP contribution in [0.3, 0.4) is 0 Å². The maximum Gasteiger partial charge on any atom is 0.246 e. The Hall–Kier alpha value is -3.21. The van der Waals surface area contributed by atoms with E-state index >= 15 is 0 Å². The van der Waals surface area contributed by atoms with E-state index in [0.29, 0.717) is 22.9 Å². The number of benzene rings is 1. The molecule has 0 aliphatic carbocycles. The van der Waals surface area contributed by atoms with Gasteiger partial charge in [-0.15, -0.1) is 0 Å². The third-order valence-corrected chi connectivity index (χ3v) is 5.69. The molecule has 1 aliphatic heterocycles. The van der Waals surface area contributed by atoms with Crippen LogP contribution in [0.1, 0.15) is 20.8 Å². The minimum atomic E-state index is -3.51. The maximum absolute atomic E-state index is 12.2. The Morgan fingerprint density at radius 2 is 1.87 bits per heavy atom. The monoisotopic (exact) mass is 432 g/mol. The van der Waals surface area contributed by atoms with E-state index in [0.717, 1.165) is 6.26 Å². The molecule has 0 radical (unpaired) electrons. The second-order valence-corrected chi connectivity index (χ2v) is 9.42. The van der Waals surface area contributed by atoms with E-state index in [-0.39, 0.29) is 35.2 Å². The minimum absolute atomic E-state index is 0.0448. The van der Waals surface area contributed by atoms with Gasteiger partial charge < -0.3 is 20.4 Å². The van der Waals surface area contributed by atoms with Gasteiger partial charge in [0.05, 0.1) is 17.6 Å². The van der Waals surface area contributed by atoms with Crippen molar-refractivity contribution < 1.29 is 18.0 Å². The van der Waals surface area contributed by atoms with Gasteiger partial charge >= 0.3 is 0 Å². The molecule has 0 spiro atoms. The zero-order valence-corrected chi connectivity index (χ0v) is 18.2. The third-order valence-electron chi connectivity index (χ3n) is 4.60. The number of nitrogens with one attached hydrogen (secondary N) is 2. The molecule has 2 amide bonds. The van der Waals surface area contributed by atoms with Gasteiger partial charge in [-0.1, -0.05) is 0 Å². The van der Waals surface area contributed by atoms with Crippen LogP contribution in [0.5, 0.6) is 0 Å². The maximum atomic E-state index is 12.2. The zero-order valence-electron chi connectivity index (χ0n) is 17.4. The highest BCUT2D eigenvalue weighted by molar-refractivity contribution is 7.90. The summed E-state index contributed by atoms with van der Waals surface area (Å²) in [5.74, 6) is 0.464. The summed E-state index contributed by atoms with van der Waals surface area (Å²) < 4.78 is 24.1. The highest BCUT2D eigenvalue weighted by Gasteiger charge is 2.30. The largest absolute Gasteiger partial charge is 0.343 e. The number of likely N-dealkylation sites (N-methyl/N-ethyl adjacent to an activating group) is 1. The molecule has 0 bridgehead atoms. The number of anilines is 5. The van der Waals surface area contributed by atoms with Crippen LogP contribution in [-0.2, 0) is 19.4 Å². The number of amides is 2. The molecule has 0 unspecified atom stereocenters. The Bertz CT molecular complexity index is 1120. The summed E-state index contributed by atoms with van der Waals surface area (Å²) in [5.41, 5.74) is 1.33. The Kier molecular flexibility index (Phi) is 5.66. The van der Waals surface area contributed by atoms with Crippen molar-refractivity contribution in [3.8, 4) is 0 Å². The van der Waals surface area contributed by atoms with Crippen LogP contribution in [-0.4, -0.2) is 56.1 Å². The van der Waals surface area contributed by atoms with E-state index in [9.17, 15) is 18.0 Å². The van der Waals surface area contributed by atoms with Crippen molar-refractivity contribution in [3.05, 3.63) is 24.4 Å². The molecule has 10 nitrogen and oxygen atoms in total. The Balaban J connectivity index is 2.02. The molecule has 2 heterocycles. The number of hydrogen-bond acceptors (Lipinski definition) is 8. The average molecular weight is 433 g/mol. The number of fused-ring (bicyclic) bond motifs is 1. The molecule has 1 aromatic carbocycles. The van der Waals surface area contributed by atoms with Crippen molar-refractivity contribution in [2.45, 2.75) is 31.7 Å². The van der Waals surface area contributed by atoms with Gasteiger partial charge in [0.25, 0.3) is 0 Å². The van der Waals surface area contributed by atoms with Gasteiger partial charge in [-0.05, 0) is 32.0 Å². The number of rotatable bonds is 5. The first kappa shape index (κ1) is 21.5. The normalized spacial score (nSPS) is 14.0. The fraction of sp³-hybridized carbons (Fsp3) is 0.368. The second kappa shape index (κ2) is 7.90. The SMILES string of the molecule is CC(=O)Nc1cc(Nc2ncc3c(n2)N(C(C)C)CC(=O)N3C)cc(S(C)(=O)=O)c1. The Morgan fingerprint density at radius 1 is 1.20 bits per heavy atom. The van der Waals surface area contributed by atoms with Crippen LogP contribution in [0.15, 0.2) is 29.3 Å².